The highest BCUT2D eigenvalue weighted by atomic mass is 16.5. The molecule has 66 valence electrons. The van der Waals surface area contributed by atoms with Gasteiger partial charge in [0.05, 0.1) is 6.10 Å². The first kappa shape index (κ1) is 9.01. The molecule has 0 aromatic carbocycles. The minimum atomic E-state index is 0.323. The minimum absolute atomic E-state index is 0.323. The maximum Gasteiger partial charge on any atom is 0.0625 e. The fraction of sp³-hybridized carbons (Fsp3) is 1.00. The predicted molar refractivity (Wildman–Crippen MR) is 44.5 cm³/mol. The molecular formula is C9H18O2. The summed E-state index contributed by atoms with van der Waals surface area (Å²) in [5, 5.41) is 8.64. The maximum absolute atomic E-state index is 8.64. The largest absolute Gasteiger partial charge is 0.396 e. The molecule has 1 N–H and O–H groups in total. The molecule has 0 aliphatic carbocycles. The van der Waals surface area contributed by atoms with Gasteiger partial charge >= 0.3 is 0 Å². The Hall–Kier alpha value is -0.0800. The lowest BCUT2D eigenvalue weighted by Crippen LogP contribution is -2.34. The Morgan fingerprint density at radius 1 is 1.64 bits per heavy atom. The van der Waals surface area contributed by atoms with Gasteiger partial charge in [-0.3, -0.25) is 0 Å². The monoisotopic (exact) mass is 158 g/mol. The van der Waals surface area contributed by atoms with Crippen LogP contribution >= 0.6 is 0 Å². The normalized spacial score (nSPS) is 26.2. The van der Waals surface area contributed by atoms with Crippen molar-refractivity contribution >= 4 is 0 Å². The van der Waals surface area contributed by atoms with Crippen LogP contribution in [0, 0.1) is 5.92 Å². The summed E-state index contributed by atoms with van der Waals surface area (Å²) >= 11 is 0. The number of aliphatic hydroxyl groups is 1. The number of hydrogen-bond donors (Lipinski definition) is 1. The lowest BCUT2D eigenvalue weighted by Gasteiger charge is -2.33. The smallest absolute Gasteiger partial charge is 0.0625 e. The van der Waals surface area contributed by atoms with Crippen molar-refractivity contribution in [1.29, 1.82) is 0 Å². The Labute approximate surface area is 68.6 Å². The van der Waals surface area contributed by atoms with Crippen molar-refractivity contribution in [1.82, 2.24) is 0 Å². The van der Waals surface area contributed by atoms with Crippen LogP contribution in [-0.2, 0) is 4.74 Å². The van der Waals surface area contributed by atoms with Crippen molar-refractivity contribution in [2.24, 2.45) is 5.92 Å². The molecular weight excluding hydrogens is 140 g/mol. The van der Waals surface area contributed by atoms with Gasteiger partial charge in [-0.15, -0.1) is 0 Å². The van der Waals surface area contributed by atoms with Gasteiger partial charge in [0.25, 0.3) is 0 Å². The number of ether oxygens (including phenoxy) is 1. The van der Waals surface area contributed by atoms with Crippen LogP contribution in [-0.4, -0.2) is 24.4 Å². The zero-order chi connectivity index (χ0) is 8.10. The van der Waals surface area contributed by atoms with Gasteiger partial charge in [-0.05, 0) is 25.2 Å². The average molecular weight is 158 g/mol. The van der Waals surface area contributed by atoms with Gasteiger partial charge in [-0.1, -0.05) is 13.3 Å². The maximum atomic E-state index is 8.64. The van der Waals surface area contributed by atoms with E-state index < -0.39 is 0 Å². The van der Waals surface area contributed by atoms with E-state index in [4.69, 9.17) is 9.84 Å². The van der Waals surface area contributed by atoms with Crippen LogP contribution in [0.3, 0.4) is 0 Å². The van der Waals surface area contributed by atoms with Crippen molar-refractivity contribution in [3.05, 3.63) is 0 Å². The zero-order valence-electron chi connectivity index (χ0n) is 7.25. The molecule has 0 aromatic heterocycles. The van der Waals surface area contributed by atoms with Crippen molar-refractivity contribution in [2.75, 3.05) is 13.2 Å². The Kier molecular flexibility index (Phi) is 3.87. The van der Waals surface area contributed by atoms with E-state index >= 15 is 0 Å². The molecule has 11 heavy (non-hydrogen) atoms. The molecule has 0 amide bonds. The van der Waals surface area contributed by atoms with Crippen LogP contribution < -0.4 is 0 Å². The molecule has 2 nitrogen and oxygen atoms in total. The summed E-state index contributed by atoms with van der Waals surface area (Å²) in [6.45, 7) is 3.47. The summed E-state index contributed by atoms with van der Waals surface area (Å²) in [6.07, 6.45) is 4.97. The van der Waals surface area contributed by atoms with Gasteiger partial charge in [-0.25, -0.2) is 0 Å². The first-order valence-corrected chi connectivity index (χ1v) is 4.61. The summed E-state index contributed by atoms with van der Waals surface area (Å²) in [7, 11) is 0. The molecule has 1 aliphatic rings. The Morgan fingerprint density at radius 3 is 2.73 bits per heavy atom. The second-order valence-electron chi connectivity index (χ2n) is 3.23. The second kappa shape index (κ2) is 4.73. The number of aliphatic hydroxyl groups excluding tert-OH is 1. The number of rotatable bonds is 5. The lowest BCUT2D eigenvalue weighted by atomic mass is 9.90. The Morgan fingerprint density at radius 2 is 2.36 bits per heavy atom. The number of hydrogen-bond acceptors (Lipinski definition) is 2. The van der Waals surface area contributed by atoms with Gasteiger partial charge < -0.3 is 9.84 Å². The molecule has 1 saturated heterocycles. The van der Waals surface area contributed by atoms with E-state index in [-0.39, 0.29) is 0 Å². The highest BCUT2D eigenvalue weighted by molar-refractivity contribution is 4.75. The summed E-state index contributed by atoms with van der Waals surface area (Å²) < 4.78 is 5.40. The van der Waals surface area contributed by atoms with Gasteiger partial charge in [0.2, 0.25) is 0 Å². The van der Waals surface area contributed by atoms with Crippen LogP contribution in [0.5, 0.6) is 0 Å². The van der Waals surface area contributed by atoms with Crippen molar-refractivity contribution in [2.45, 2.75) is 38.7 Å². The molecule has 1 heterocycles. The molecule has 0 spiro atoms. The highest BCUT2D eigenvalue weighted by Gasteiger charge is 2.26. The third kappa shape index (κ3) is 2.46. The summed E-state index contributed by atoms with van der Waals surface area (Å²) in [5.41, 5.74) is 0. The molecule has 0 aromatic rings. The topological polar surface area (TPSA) is 29.5 Å². The fourth-order valence-corrected chi connectivity index (χ4v) is 1.63. The predicted octanol–water partition coefficient (Wildman–Crippen LogP) is 1.57. The first-order valence-electron chi connectivity index (χ1n) is 4.61. The second-order valence-corrected chi connectivity index (χ2v) is 3.23. The molecule has 1 aliphatic heterocycles. The molecule has 2 unspecified atom stereocenters. The lowest BCUT2D eigenvalue weighted by molar-refractivity contribution is -0.0880. The molecule has 1 rings (SSSR count). The summed E-state index contributed by atoms with van der Waals surface area (Å²) in [4.78, 5) is 0. The van der Waals surface area contributed by atoms with Crippen molar-refractivity contribution in [3.8, 4) is 0 Å². The van der Waals surface area contributed by atoms with Crippen LogP contribution in [0.1, 0.15) is 32.6 Å². The van der Waals surface area contributed by atoms with E-state index in [1.165, 1.54) is 12.8 Å². The fourth-order valence-electron chi connectivity index (χ4n) is 1.63. The average Bonchev–Trinajstić information content (AvgIpc) is 1.93. The SMILES string of the molecule is CCC(CCCO)C1CCO1. The summed E-state index contributed by atoms with van der Waals surface area (Å²) in [6, 6.07) is 0. The van der Waals surface area contributed by atoms with Gasteiger partial charge in [0.1, 0.15) is 0 Å². The molecule has 0 bridgehead atoms. The molecule has 1 fully saturated rings. The van der Waals surface area contributed by atoms with Crippen LogP contribution in [0.25, 0.3) is 0 Å². The van der Waals surface area contributed by atoms with E-state index in [0.29, 0.717) is 18.6 Å². The van der Waals surface area contributed by atoms with Crippen LogP contribution in [0.4, 0.5) is 0 Å². The molecule has 0 radical (unpaired) electrons. The van der Waals surface area contributed by atoms with Gasteiger partial charge in [-0.2, -0.15) is 0 Å². The third-order valence-electron chi connectivity index (χ3n) is 2.52. The standard InChI is InChI=1S/C9H18O2/c1-2-8(4-3-6-10)9-5-7-11-9/h8-10H,2-7H2,1H3. The Balaban J connectivity index is 2.13. The van der Waals surface area contributed by atoms with Crippen molar-refractivity contribution in [3.63, 3.8) is 0 Å². The van der Waals surface area contributed by atoms with Crippen LogP contribution in [0.2, 0.25) is 0 Å². The molecule has 2 atom stereocenters. The third-order valence-corrected chi connectivity index (χ3v) is 2.52. The summed E-state index contributed by atoms with van der Waals surface area (Å²) in [5.74, 6) is 0.691. The van der Waals surface area contributed by atoms with E-state index in [2.05, 4.69) is 6.92 Å². The first-order chi connectivity index (χ1) is 5.38. The Bertz CT molecular complexity index is 99.7. The zero-order valence-corrected chi connectivity index (χ0v) is 7.25. The minimum Gasteiger partial charge on any atom is -0.396 e. The van der Waals surface area contributed by atoms with Gasteiger partial charge in [0.15, 0.2) is 0 Å². The van der Waals surface area contributed by atoms with E-state index in [1.807, 2.05) is 0 Å². The molecule has 2 heteroatoms. The van der Waals surface area contributed by atoms with E-state index in [0.717, 1.165) is 19.4 Å². The van der Waals surface area contributed by atoms with E-state index in [9.17, 15) is 0 Å². The highest BCUT2D eigenvalue weighted by Crippen LogP contribution is 2.26. The van der Waals surface area contributed by atoms with Gasteiger partial charge in [0, 0.05) is 13.2 Å². The molecule has 0 saturated carbocycles. The van der Waals surface area contributed by atoms with E-state index in [1.54, 1.807) is 0 Å². The van der Waals surface area contributed by atoms with Crippen molar-refractivity contribution < 1.29 is 9.84 Å². The quantitative estimate of drug-likeness (QED) is 0.658. The van der Waals surface area contributed by atoms with Crippen LogP contribution in [0.15, 0.2) is 0 Å².